The van der Waals surface area contributed by atoms with E-state index in [2.05, 4.69) is 4.99 Å². The molecule has 0 heterocycles. The Morgan fingerprint density at radius 1 is 1.71 bits per heavy atom. The van der Waals surface area contributed by atoms with Gasteiger partial charge in [-0.15, -0.1) is 0 Å². The Morgan fingerprint density at radius 3 is 2.86 bits per heavy atom. The molecule has 0 bridgehead atoms. The molecule has 0 unspecified atom stereocenters. The van der Waals surface area contributed by atoms with Crippen LogP contribution in [0.1, 0.15) is 13.3 Å². The molecule has 0 aromatic heterocycles. The van der Waals surface area contributed by atoms with Gasteiger partial charge in [-0.25, -0.2) is 0 Å². The Morgan fingerprint density at radius 2 is 2.43 bits per heavy atom. The van der Waals surface area contributed by atoms with Crippen LogP contribution in [-0.4, -0.2) is 19.0 Å². The zero-order chi connectivity index (χ0) is 5.54. The summed E-state index contributed by atoms with van der Waals surface area (Å²) in [5.41, 5.74) is 0. The Bertz CT molecular complexity index is 66.5. The normalized spacial score (nSPS) is 9.86. The van der Waals surface area contributed by atoms with E-state index < -0.39 is 0 Å². The van der Waals surface area contributed by atoms with Crippen LogP contribution in [-0.2, 0) is 0 Å². The van der Waals surface area contributed by atoms with Crippen molar-refractivity contribution in [1.29, 1.82) is 5.41 Å². The van der Waals surface area contributed by atoms with Crippen LogP contribution >= 0.6 is 0 Å². The van der Waals surface area contributed by atoms with Gasteiger partial charge in [-0.1, -0.05) is 6.92 Å². The second kappa shape index (κ2) is 5.34. The van der Waals surface area contributed by atoms with Crippen LogP contribution in [0.25, 0.3) is 0 Å². The first kappa shape index (κ1) is 6.34. The van der Waals surface area contributed by atoms with Gasteiger partial charge in [0.2, 0.25) is 0 Å². The fourth-order valence-electron chi connectivity index (χ4n) is 0.256. The number of hydrogen-bond acceptors (Lipinski definition) is 2. The second-order valence-corrected chi connectivity index (χ2v) is 1.16. The van der Waals surface area contributed by atoms with E-state index in [1.165, 1.54) is 6.21 Å². The van der Waals surface area contributed by atoms with Gasteiger partial charge in [-0.2, -0.15) is 0 Å². The molecule has 2 nitrogen and oxygen atoms in total. The lowest BCUT2D eigenvalue weighted by atomic mass is 10.5. The van der Waals surface area contributed by atoms with Crippen LogP contribution in [0.4, 0.5) is 0 Å². The molecule has 40 valence electrons. The van der Waals surface area contributed by atoms with Crippen LogP contribution in [0, 0.1) is 5.41 Å². The predicted molar refractivity (Wildman–Crippen MR) is 32.4 cm³/mol. The number of nitrogens with one attached hydrogen (secondary N) is 1. The summed E-state index contributed by atoms with van der Waals surface area (Å²) in [6, 6.07) is 0. The Kier molecular flexibility index (Phi) is 4.84. The van der Waals surface area contributed by atoms with Gasteiger partial charge in [0.05, 0.1) is 6.54 Å². The maximum atomic E-state index is 6.54. The lowest BCUT2D eigenvalue weighted by molar-refractivity contribution is 1.25. The van der Waals surface area contributed by atoms with Gasteiger partial charge in [-0.3, -0.25) is 4.99 Å². The van der Waals surface area contributed by atoms with Crippen molar-refractivity contribution in [2.45, 2.75) is 13.3 Å². The highest BCUT2D eigenvalue weighted by atomic mass is 14.7. The molecule has 0 radical (unpaired) electrons. The smallest absolute Gasteiger partial charge is 0.0731 e. The van der Waals surface area contributed by atoms with Crippen molar-refractivity contribution in [2.24, 2.45) is 4.99 Å². The molecule has 1 N–H and O–H groups in total. The maximum Gasteiger partial charge on any atom is 0.0731 e. The SMILES string of the molecule is CCC=NCC=N. The van der Waals surface area contributed by atoms with Gasteiger partial charge in [-0.05, 0) is 12.6 Å². The van der Waals surface area contributed by atoms with E-state index in [1.807, 2.05) is 13.1 Å². The molecule has 0 aliphatic heterocycles. The predicted octanol–water partition coefficient (Wildman–Crippen LogP) is 1.12. The van der Waals surface area contributed by atoms with Crippen molar-refractivity contribution >= 4 is 12.4 Å². The highest BCUT2D eigenvalue weighted by Crippen LogP contribution is 1.66. The minimum Gasteiger partial charge on any atom is -0.311 e. The molecule has 0 saturated carbocycles. The summed E-state index contributed by atoms with van der Waals surface area (Å²) in [4.78, 5) is 3.84. The molecule has 0 rings (SSSR count). The molecule has 0 aromatic rings. The van der Waals surface area contributed by atoms with E-state index in [4.69, 9.17) is 5.41 Å². The summed E-state index contributed by atoms with van der Waals surface area (Å²) >= 11 is 0. The van der Waals surface area contributed by atoms with Crippen molar-refractivity contribution in [2.75, 3.05) is 6.54 Å². The van der Waals surface area contributed by atoms with E-state index in [1.54, 1.807) is 0 Å². The fraction of sp³-hybridized carbons (Fsp3) is 0.600. The Labute approximate surface area is 43.8 Å². The summed E-state index contributed by atoms with van der Waals surface area (Å²) in [6.07, 6.45) is 4.06. The van der Waals surface area contributed by atoms with Crippen LogP contribution < -0.4 is 0 Å². The van der Waals surface area contributed by atoms with Gasteiger partial charge in [0.15, 0.2) is 0 Å². The third-order valence-corrected chi connectivity index (χ3v) is 0.508. The quantitative estimate of drug-likeness (QED) is 0.513. The average molecular weight is 98.1 g/mol. The summed E-state index contributed by atoms with van der Waals surface area (Å²) in [5, 5.41) is 6.54. The van der Waals surface area contributed by atoms with Gasteiger partial charge >= 0.3 is 0 Å². The van der Waals surface area contributed by atoms with Crippen molar-refractivity contribution in [1.82, 2.24) is 0 Å². The zero-order valence-corrected chi connectivity index (χ0v) is 4.52. The van der Waals surface area contributed by atoms with E-state index in [0.717, 1.165) is 6.42 Å². The molecule has 2 heteroatoms. The molecule has 0 atom stereocenters. The summed E-state index contributed by atoms with van der Waals surface area (Å²) in [7, 11) is 0. The molecular weight excluding hydrogens is 88.1 g/mol. The summed E-state index contributed by atoms with van der Waals surface area (Å²) in [5.74, 6) is 0. The largest absolute Gasteiger partial charge is 0.311 e. The molecule has 0 aliphatic carbocycles. The van der Waals surface area contributed by atoms with E-state index in [9.17, 15) is 0 Å². The summed E-state index contributed by atoms with van der Waals surface area (Å²) in [6.45, 7) is 2.56. The highest BCUT2D eigenvalue weighted by Gasteiger charge is 1.64. The lowest BCUT2D eigenvalue weighted by Gasteiger charge is -1.75. The van der Waals surface area contributed by atoms with Crippen LogP contribution in [0.3, 0.4) is 0 Å². The molecule has 0 amide bonds. The first-order valence-electron chi connectivity index (χ1n) is 2.39. The molecule has 0 spiro atoms. The number of rotatable bonds is 3. The van der Waals surface area contributed by atoms with Gasteiger partial charge in [0.25, 0.3) is 0 Å². The van der Waals surface area contributed by atoms with Gasteiger partial charge in [0.1, 0.15) is 0 Å². The topological polar surface area (TPSA) is 36.2 Å². The lowest BCUT2D eigenvalue weighted by Crippen LogP contribution is -1.77. The minimum atomic E-state index is 0.536. The van der Waals surface area contributed by atoms with Crippen LogP contribution in [0.5, 0.6) is 0 Å². The van der Waals surface area contributed by atoms with Crippen LogP contribution in [0.15, 0.2) is 4.99 Å². The molecular formula is C5H10N2. The molecule has 7 heavy (non-hydrogen) atoms. The van der Waals surface area contributed by atoms with Crippen LogP contribution in [0.2, 0.25) is 0 Å². The van der Waals surface area contributed by atoms with Crippen molar-refractivity contribution < 1.29 is 0 Å². The second-order valence-electron chi connectivity index (χ2n) is 1.16. The van der Waals surface area contributed by atoms with E-state index in [0.29, 0.717) is 6.54 Å². The molecule has 0 aliphatic rings. The monoisotopic (exact) mass is 98.1 g/mol. The maximum absolute atomic E-state index is 6.54. The van der Waals surface area contributed by atoms with E-state index >= 15 is 0 Å². The molecule has 0 aromatic carbocycles. The van der Waals surface area contributed by atoms with Crippen molar-refractivity contribution in [3.05, 3.63) is 0 Å². The Balaban J connectivity index is 2.92. The standard InChI is InChI=1S/C5H10N2/c1-2-4-7-5-3-6/h3-4,6H,2,5H2,1H3. The third-order valence-electron chi connectivity index (χ3n) is 0.508. The van der Waals surface area contributed by atoms with Gasteiger partial charge < -0.3 is 5.41 Å². The number of nitrogens with zero attached hydrogens (tertiary/aromatic N) is 1. The van der Waals surface area contributed by atoms with Crippen molar-refractivity contribution in [3.8, 4) is 0 Å². The first-order chi connectivity index (χ1) is 3.41. The average Bonchev–Trinajstić information content (AvgIpc) is 1.69. The van der Waals surface area contributed by atoms with Crippen molar-refractivity contribution in [3.63, 3.8) is 0 Å². The first-order valence-corrected chi connectivity index (χ1v) is 2.39. The molecule has 0 fully saturated rings. The highest BCUT2D eigenvalue weighted by molar-refractivity contribution is 5.62. The third kappa shape index (κ3) is 5.34. The fourth-order valence-corrected chi connectivity index (χ4v) is 0.256. The van der Waals surface area contributed by atoms with E-state index in [-0.39, 0.29) is 0 Å². The molecule has 0 saturated heterocycles. The summed E-state index contributed by atoms with van der Waals surface area (Å²) < 4.78 is 0. The number of aliphatic imine (C=N–C) groups is 1. The van der Waals surface area contributed by atoms with Gasteiger partial charge in [0, 0.05) is 6.21 Å². The minimum absolute atomic E-state index is 0.536. The number of hydrogen-bond donors (Lipinski definition) is 1. The Hall–Kier alpha value is -0.660. The zero-order valence-electron chi connectivity index (χ0n) is 4.52.